The number of carbonyl (C=O) groups excluding carboxylic acids is 1. The topological polar surface area (TPSA) is 32.3 Å². The van der Waals surface area contributed by atoms with E-state index in [2.05, 4.69) is 17.4 Å². The third kappa shape index (κ3) is 3.43. The Labute approximate surface area is 127 Å². The average molecular weight is 312 g/mol. The summed E-state index contributed by atoms with van der Waals surface area (Å²) in [7, 11) is 0. The molecule has 1 heterocycles. The number of amides is 1. The third-order valence-electron chi connectivity index (χ3n) is 4.49. The summed E-state index contributed by atoms with van der Waals surface area (Å²) >= 11 is 0. The predicted octanol–water partition coefficient (Wildman–Crippen LogP) is 2.69. The normalized spacial score (nSPS) is 26.0. The van der Waals surface area contributed by atoms with E-state index in [1.54, 1.807) is 0 Å². The van der Waals surface area contributed by atoms with E-state index in [0.717, 1.165) is 11.3 Å². The van der Waals surface area contributed by atoms with Gasteiger partial charge in [0.05, 0.1) is 0 Å². The first-order valence-corrected chi connectivity index (χ1v) is 7.62. The van der Waals surface area contributed by atoms with Crippen LogP contribution in [0.5, 0.6) is 0 Å². The Morgan fingerprint density at radius 2 is 1.77 bits per heavy atom. The number of hydrogen-bond donors (Lipinski definition) is 1. The van der Waals surface area contributed by atoms with Gasteiger partial charge in [-0.1, -0.05) is 30.3 Å². The van der Waals surface area contributed by atoms with Crippen molar-refractivity contribution in [3.05, 3.63) is 35.9 Å². The molecule has 22 heavy (non-hydrogen) atoms. The molecule has 1 amide bonds. The fourth-order valence-corrected chi connectivity index (χ4v) is 3.18. The second-order valence-electron chi connectivity index (χ2n) is 6.09. The number of piperidine rings is 1. The van der Waals surface area contributed by atoms with Crippen LogP contribution in [0.15, 0.2) is 30.3 Å². The molecule has 120 valence electrons. The van der Waals surface area contributed by atoms with Crippen molar-refractivity contribution in [3.63, 3.8) is 0 Å². The summed E-state index contributed by atoms with van der Waals surface area (Å²) in [5.74, 6) is -1.20. The van der Waals surface area contributed by atoms with E-state index in [-0.39, 0.29) is 19.1 Å². The lowest BCUT2D eigenvalue weighted by atomic mass is 10.0. The molecule has 1 unspecified atom stereocenters. The molecule has 0 aromatic heterocycles. The number of carbonyl (C=O) groups is 1. The number of nitrogens with one attached hydrogen (secondary N) is 1. The summed E-state index contributed by atoms with van der Waals surface area (Å²) in [6.07, 6.45) is -2.51. The van der Waals surface area contributed by atoms with Crippen molar-refractivity contribution >= 4 is 5.91 Å². The first-order chi connectivity index (χ1) is 10.4. The maximum absolute atomic E-state index is 12.4. The average Bonchev–Trinajstić information content (AvgIpc) is 3.26. The highest BCUT2D eigenvalue weighted by Gasteiger charge is 2.44. The summed E-state index contributed by atoms with van der Waals surface area (Å²) in [4.78, 5) is 12.1. The van der Waals surface area contributed by atoms with Crippen LogP contribution >= 0.6 is 0 Å². The summed E-state index contributed by atoms with van der Waals surface area (Å²) in [5, 5.41) is 3.52. The van der Waals surface area contributed by atoms with Crippen LogP contribution in [0.1, 0.15) is 30.7 Å². The van der Waals surface area contributed by atoms with Crippen LogP contribution in [0.4, 0.5) is 13.2 Å². The minimum atomic E-state index is -4.75. The zero-order chi connectivity index (χ0) is 15.7. The van der Waals surface area contributed by atoms with Crippen molar-refractivity contribution in [2.75, 3.05) is 13.1 Å². The first kappa shape index (κ1) is 15.3. The smallest absolute Gasteiger partial charge is 0.335 e. The van der Waals surface area contributed by atoms with E-state index in [4.69, 9.17) is 0 Å². The molecule has 1 aliphatic carbocycles. The monoisotopic (exact) mass is 312 g/mol. The van der Waals surface area contributed by atoms with Crippen molar-refractivity contribution < 1.29 is 18.0 Å². The third-order valence-corrected chi connectivity index (χ3v) is 4.49. The van der Waals surface area contributed by atoms with Gasteiger partial charge in [-0.15, -0.1) is 0 Å². The Hall–Kier alpha value is -1.56. The SMILES string of the molecule is O=C(N1CCC(N[C@@H]2CC2c2ccccc2)CC1)C(F)(F)F. The number of likely N-dealkylation sites (tertiary alicyclic amines) is 1. The zero-order valence-electron chi connectivity index (χ0n) is 12.1. The van der Waals surface area contributed by atoms with Gasteiger partial charge in [0.15, 0.2) is 0 Å². The maximum atomic E-state index is 12.4. The molecule has 1 N–H and O–H groups in total. The molecule has 1 aromatic carbocycles. The molecular formula is C16H19F3N2O. The van der Waals surface area contributed by atoms with Crippen LogP contribution in [0.2, 0.25) is 0 Å². The lowest BCUT2D eigenvalue weighted by Gasteiger charge is -2.33. The Kier molecular flexibility index (Phi) is 4.12. The number of halogens is 3. The summed E-state index contributed by atoms with van der Waals surface area (Å²) in [5.41, 5.74) is 1.31. The molecule has 2 fully saturated rings. The molecule has 1 aliphatic heterocycles. The molecule has 1 aromatic rings. The standard InChI is InChI=1S/C16H19F3N2O/c17-16(18,19)15(22)21-8-6-12(7-9-21)20-14-10-13(14)11-4-2-1-3-5-11/h1-5,12-14,20H,6-10H2/t13?,14-/m1/s1. The van der Waals surface area contributed by atoms with Gasteiger partial charge in [-0.05, 0) is 24.8 Å². The van der Waals surface area contributed by atoms with E-state index >= 15 is 0 Å². The minimum Gasteiger partial charge on any atom is -0.335 e. The van der Waals surface area contributed by atoms with Crippen LogP contribution in [-0.2, 0) is 4.79 Å². The molecule has 2 atom stereocenters. The Balaban J connectivity index is 1.45. The van der Waals surface area contributed by atoms with Crippen LogP contribution in [0.25, 0.3) is 0 Å². The molecule has 1 saturated carbocycles. The van der Waals surface area contributed by atoms with Gasteiger partial charge in [0, 0.05) is 31.1 Å². The lowest BCUT2D eigenvalue weighted by molar-refractivity contribution is -0.186. The highest BCUT2D eigenvalue weighted by atomic mass is 19.4. The van der Waals surface area contributed by atoms with E-state index in [1.165, 1.54) is 5.56 Å². The van der Waals surface area contributed by atoms with E-state index < -0.39 is 12.1 Å². The van der Waals surface area contributed by atoms with Gasteiger partial charge in [-0.25, -0.2) is 0 Å². The number of alkyl halides is 3. The molecule has 0 radical (unpaired) electrons. The van der Waals surface area contributed by atoms with E-state index in [9.17, 15) is 18.0 Å². The molecule has 1 saturated heterocycles. The van der Waals surface area contributed by atoms with Gasteiger partial charge in [0.25, 0.3) is 0 Å². The Morgan fingerprint density at radius 3 is 2.36 bits per heavy atom. The minimum absolute atomic E-state index is 0.179. The van der Waals surface area contributed by atoms with Gasteiger partial charge in [0.2, 0.25) is 0 Å². The number of rotatable bonds is 3. The Bertz CT molecular complexity index is 524. The molecule has 0 spiro atoms. The quantitative estimate of drug-likeness (QED) is 0.931. The van der Waals surface area contributed by atoms with Crippen LogP contribution in [0.3, 0.4) is 0 Å². The second-order valence-corrected chi connectivity index (χ2v) is 6.09. The lowest BCUT2D eigenvalue weighted by Crippen LogP contribution is -2.49. The number of nitrogens with zero attached hydrogens (tertiary/aromatic N) is 1. The number of benzene rings is 1. The molecule has 6 heteroatoms. The van der Waals surface area contributed by atoms with Crippen molar-refractivity contribution in [3.8, 4) is 0 Å². The van der Waals surface area contributed by atoms with Crippen molar-refractivity contribution in [1.82, 2.24) is 10.2 Å². The van der Waals surface area contributed by atoms with Gasteiger partial charge in [-0.3, -0.25) is 4.79 Å². The molecule has 3 rings (SSSR count). The number of hydrogen-bond acceptors (Lipinski definition) is 2. The van der Waals surface area contributed by atoms with Gasteiger partial charge in [-0.2, -0.15) is 13.2 Å². The first-order valence-electron chi connectivity index (χ1n) is 7.62. The molecule has 3 nitrogen and oxygen atoms in total. The fourth-order valence-electron chi connectivity index (χ4n) is 3.18. The summed E-state index contributed by atoms with van der Waals surface area (Å²) in [6.45, 7) is 0.359. The zero-order valence-corrected chi connectivity index (χ0v) is 12.1. The van der Waals surface area contributed by atoms with E-state index in [1.807, 2.05) is 18.2 Å². The van der Waals surface area contributed by atoms with Gasteiger partial charge >= 0.3 is 12.1 Å². The molecule has 0 bridgehead atoms. The highest BCUT2D eigenvalue weighted by molar-refractivity contribution is 5.81. The molecule has 2 aliphatic rings. The second kappa shape index (κ2) is 5.91. The van der Waals surface area contributed by atoms with Crippen molar-refractivity contribution in [2.45, 2.75) is 43.4 Å². The fraction of sp³-hybridized carbons (Fsp3) is 0.562. The van der Waals surface area contributed by atoms with Gasteiger partial charge in [0.1, 0.15) is 0 Å². The highest BCUT2D eigenvalue weighted by Crippen LogP contribution is 2.41. The van der Waals surface area contributed by atoms with Crippen molar-refractivity contribution in [2.24, 2.45) is 0 Å². The molecular weight excluding hydrogens is 293 g/mol. The van der Waals surface area contributed by atoms with E-state index in [0.29, 0.717) is 24.8 Å². The van der Waals surface area contributed by atoms with Gasteiger partial charge < -0.3 is 10.2 Å². The van der Waals surface area contributed by atoms with Crippen LogP contribution in [0, 0.1) is 0 Å². The largest absolute Gasteiger partial charge is 0.471 e. The summed E-state index contributed by atoms with van der Waals surface area (Å²) < 4.78 is 37.1. The Morgan fingerprint density at radius 1 is 1.14 bits per heavy atom. The maximum Gasteiger partial charge on any atom is 0.471 e. The van der Waals surface area contributed by atoms with Crippen LogP contribution in [-0.4, -0.2) is 42.2 Å². The van der Waals surface area contributed by atoms with Crippen LogP contribution < -0.4 is 5.32 Å². The summed E-state index contributed by atoms with van der Waals surface area (Å²) in [6, 6.07) is 10.9. The van der Waals surface area contributed by atoms with Crippen molar-refractivity contribution in [1.29, 1.82) is 0 Å². The predicted molar refractivity (Wildman–Crippen MR) is 76.4 cm³/mol.